The first kappa shape index (κ1) is 16.1. The summed E-state index contributed by atoms with van der Waals surface area (Å²) in [6.07, 6.45) is 1.41. The molecule has 2 rings (SSSR count). The summed E-state index contributed by atoms with van der Waals surface area (Å²) >= 11 is 9.48. The van der Waals surface area contributed by atoms with Gasteiger partial charge >= 0.3 is 6.03 Å². The van der Waals surface area contributed by atoms with Gasteiger partial charge in [0.25, 0.3) is 5.91 Å². The molecule has 1 aliphatic rings. The molecule has 7 heteroatoms. The Bertz CT molecular complexity index is 548. The Morgan fingerprint density at radius 2 is 2.00 bits per heavy atom. The number of benzene rings is 1. The number of halogens is 2. The van der Waals surface area contributed by atoms with Crippen molar-refractivity contribution >= 4 is 39.5 Å². The van der Waals surface area contributed by atoms with Crippen LogP contribution in [-0.2, 0) is 0 Å². The van der Waals surface area contributed by atoms with Gasteiger partial charge in [-0.1, -0.05) is 11.6 Å². The molecule has 0 aromatic heterocycles. The largest absolute Gasteiger partial charge is 0.352 e. The van der Waals surface area contributed by atoms with Crippen LogP contribution < -0.4 is 11.1 Å². The molecule has 0 atom stereocenters. The van der Waals surface area contributed by atoms with Crippen LogP contribution in [-0.4, -0.2) is 36.0 Å². The van der Waals surface area contributed by atoms with E-state index in [4.69, 9.17) is 17.3 Å². The molecule has 1 fully saturated rings. The maximum absolute atomic E-state index is 12.5. The molecule has 0 spiro atoms. The van der Waals surface area contributed by atoms with Gasteiger partial charge in [0.2, 0.25) is 0 Å². The van der Waals surface area contributed by atoms with Crippen molar-refractivity contribution in [3.05, 3.63) is 32.8 Å². The monoisotopic (exact) mass is 373 g/mol. The van der Waals surface area contributed by atoms with Crippen LogP contribution >= 0.6 is 27.5 Å². The molecule has 1 aromatic rings. The van der Waals surface area contributed by atoms with Crippen LogP contribution in [0.4, 0.5) is 4.79 Å². The standard InChI is InChI=1S/C14H17BrClN3O2/c1-8-6-9(7-11(16)12(8)15)13(20)19-4-2-10(3-5-19)18-14(17)21/h6-7,10H,2-5H2,1H3,(H3,17,18,21). The van der Waals surface area contributed by atoms with Crippen molar-refractivity contribution in [2.45, 2.75) is 25.8 Å². The van der Waals surface area contributed by atoms with Gasteiger partial charge in [-0.05, 0) is 53.4 Å². The lowest BCUT2D eigenvalue weighted by Crippen LogP contribution is -2.47. The van der Waals surface area contributed by atoms with Gasteiger partial charge in [-0.2, -0.15) is 0 Å². The van der Waals surface area contributed by atoms with E-state index < -0.39 is 6.03 Å². The van der Waals surface area contributed by atoms with Crippen molar-refractivity contribution in [2.75, 3.05) is 13.1 Å². The van der Waals surface area contributed by atoms with E-state index in [0.29, 0.717) is 36.5 Å². The van der Waals surface area contributed by atoms with Gasteiger partial charge in [0, 0.05) is 29.2 Å². The molecule has 1 saturated heterocycles. The highest BCUT2D eigenvalue weighted by atomic mass is 79.9. The van der Waals surface area contributed by atoms with Crippen LogP contribution in [0.5, 0.6) is 0 Å². The third-order valence-corrected chi connectivity index (χ3v) is 5.16. The number of hydrogen-bond acceptors (Lipinski definition) is 2. The first-order chi connectivity index (χ1) is 9.88. The molecule has 3 N–H and O–H groups in total. The van der Waals surface area contributed by atoms with E-state index >= 15 is 0 Å². The fourth-order valence-electron chi connectivity index (χ4n) is 2.46. The van der Waals surface area contributed by atoms with Crippen LogP contribution in [0, 0.1) is 6.92 Å². The number of amides is 3. The molecule has 21 heavy (non-hydrogen) atoms. The van der Waals surface area contributed by atoms with Gasteiger partial charge in [0.1, 0.15) is 0 Å². The molecule has 0 radical (unpaired) electrons. The fourth-order valence-corrected chi connectivity index (χ4v) is 2.96. The highest BCUT2D eigenvalue weighted by molar-refractivity contribution is 9.10. The zero-order valence-corrected chi connectivity index (χ0v) is 14.0. The minimum absolute atomic E-state index is 0.0370. The zero-order chi connectivity index (χ0) is 15.6. The Labute approximate surface area is 136 Å². The second-order valence-corrected chi connectivity index (χ2v) is 6.36. The lowest BCUT2D eigenvalue weighted by atomic mass is 10.0. The lowest BCUT2D eigenvalue weighted by molar-refractivity contribution is 0.0708. The van der Waals surface area contributed by atoms with Crippen molar-refractivity contribution in [2.24, 2.45) is 5.73 Å². The van der Waals surface area contributed by atoms with Crippen molar-refractivity contribution in [3.63, 3.8) is 0 Å². The van der Waals surface area contributed by atoms with Crippen molar-refractivity contribution in [1.82, 2.24) is 10.2 Å². The summed E-state index contributed by atoms with van der Waals surface area (Å²) in [4.78, 5) is 25.1. The molecule has 3 amide bonds. The van der Waals surface area contributed by atoms with Gasteiger partial charge in [-0.15, -0.1) is 0 Å². The van der Waals surface area contributed by atoms with E-state index in [1.54, 1.807) is 11.0 Å². The minimum atomic E-state index is -0.518. The number of likely N-dealkylation sites (tertiary alicyclic amines) is 1. The van der Waals surface area contributed by atoms with Gasteiger partial charge in [-0.3, -0.25) is 4.79 Å². The van der Waals surface area contributed by atoms with Crippen molar-refractivity contribution in [3.8, 4) is 0 Å². The van der Waals surface area contributed by atoms with E-state index in [-0.39, 0.29) is 11.9 Å². The number of hydrogen-bond donors (Lipinski definition) is 2. The third kappa shape index (κ3) is 3.89. The number of carbonyl (C=O) groups is 2. The first-order valence-corrected chi connectivity index (χ1v) is 7.86. The highest BCUT2D eigenvalue weighted by Gasteiger charge is 2.24. The maximum atomic E-state index is 12.5. The summed E-state index contributed by atoms with van der Waals surface area (Å²) < 4.78 is 0.810. The molecular weight excluding hydrogens is 358 g/mol. The van der Waals surface area contributed by atoms with E-state index in [9.17, 15) is 9.59 Å². The van der Waals surface area contributed by atoms with Gasteiger partial charge in [0.05, 0.1) is 5.02 Å². The number of nitrogens with one attached hydrogen (secondary N) is 1. The Hall–Kier alpha value is -1.27. The molecule has 0 unspecified atom stereocenters. The van der Waals surface area contributed by atoms with E-state index in [1.807, 2.05) is 13.0 Å². The number of piperidine rings is 1. The molecule has 0 bridgehead atoms. The number of aryl methyl sites for hydroxylation is 1. The number of nitrogens with zero attached hydrogens (tertiary/aromatic N) is 1. The number of rotatable bonds is 2. The van der Waals surface area contributed by atoms with E-state index in [0.717, 1.165) is 10.0 Å². The Balaban J connectivity index is 2.04. The molecule has 0 aliphatic carbocycles. The second kappa shape index (κ2) is 6.66. The summed E-state index contributed by atoms with van der Waals surface area (Å²) in [5, 5.41) is 3.21. The summed E-state index contributed by atoms with van der Waals surface area (Å²) in [5.41, 5.74) is 6.62. The maximum Gasteiger partial charge on any atom is 0.312 e. The summed E-state index contributed by atoms with van der Waals surface area (Å²) in [6, 6.07) is 3.03. The topological polar surface area (TPSA) is 75.4 Å². The minimum Gasteiger partial charge on any atom is -0.352 e. The molecule has 1 aromatic carbocycles. The zero-order valence-electron chi connectivity index (χ0n) is 11.7. The summed E-state index contributed by atoms with van der Waals surface area (Å²) in [5.74, 6) is -0.0370. The quantitative estimate of drug-likeness (QED) is 0.835. The summed E-state index contributed by atoms with van der Waals surface area (Å²) in [6.45, 7) is 3.09. The van der Waals surface area contributed by atoms with Gasteiger partial charge < -0.3 is 16.0 Å². The lowest BCUT2D eigenvalue weighted by Gasteiger charge is -2.32. The number of nitrogens with two attached hydrogens (primary N) is 1. The molecule has 114 valence electrons. The normalized spacial score (nSPS) is 15.9. The van der Waals surface area contributed by atoms with Crippen LogP contribution in [0.3, 0.4) is 0 Å². The van der Waals surface area contributed by atoms with Gasteiger partial charge in [-0.25, -0.2) is 4.79 Å². The van der Waals surface area contributed by atoms with E-state index in [2.05, 4.69) is 21.2 Å². The average Bonchev–Trinajstić information content (AvgIpc) is 2.43. The Morgan fingerprint density at radius 1 is 1.38 bits per heavy atom. The SMILES string of the molecule is Cc1cc(C(=O)N2CCC(NC(N)=O)CC2)cc(Cl)c1Br. The van der Waals surface area contributed by atoms with Crippen molar-refractivity contribution < 1.29 is 9.59 Å². The number of urea groups is 1. The predicted octanol–water partition coefficient (Wildman–Crippen LogP) is 2.68. The summed E-state index contributed by atoms with van der Waals surface area (Å²) in [7, 11) is 0. The molecular formula is C14H17BrClN3O2. The van der Waals surface area contributed by atoms with Crippen LogP contribution in [0.2, 0.25) is 5.02 Å². The molecule has 1 heterocycles. The highest BCUT2D eigenvalue weighted by Crippen LogP contribution is 2.28. The van der Waals surface area contributed by atoms with Crippen molar-refractivity contribution in [1.29, 1.82) is 0 Å². The van der Waals surface area contributed by atoms with E-state index in [1.165, 1.54) is 0 Å². The second-order valence-electron chi connectivity index (χ2n) is 5.16. The average molecular weight is 375 g/mol. The Morgan fingerprint density at radius 3 is 2.52 bits per heavy atom. The smallest absolute Gasteiger partial charge is 0.312 e. The van der Waals surface area contributed by atoms with Crippen LogP contribution in [0.15, 0.2) is 16.6 Å². The predicted molar refractivity (Wildman–Crippen MR) is 85.5 cm³/mol. The molecule has 1 aliphatic heterocycles. The number of carbonyl (C=O) groups excluding carboxylic acids is 2. The van der Waals surface area contributed by atoms with Crippen LogP contribution in [0.1, 0.15) is 28.8 Å². The molecule has 5 nitrogen and oxygen atoms in total. The first-order valence-electron chi connectivity index (χ1n) is 6.69. The van der Waals surface area contributed by atoms with Gasteiger partial charge in [0.15, 0.2) is 0 Å². The fraction of sp³-hybridized carbons (Fsp3) is 0.429. The third-order valence-electron chi connectivity index (χ3n) is 3.59. The Kier molecular flexibility index (Phi) is 5.11. The van der Waals surface area contributed by atoms with Crippen LogP contribution in [0.25, 0.3) is 0 Å². The molecule has 0 saturated carbocycles. The number of primary amides is 1.